The van der Waals surface area contributed by atoms with Crippen LogP contribution in [-0.4, -0.2) is 26.2 Å². The Morgan fingerprint density at radius 2 is 1.84 bits per heavy atom. The zero-order chi connectivity index (χ0) is 14.6. The first-order chi connectivity index (χ1) is 8.90. The van der Waals surface area contributed by atoms with Gasteiger partial charge in [0.05, 0.1) is 7.11 Å². The van der Waals surface area contributed by atoms with E-state index in [1.165, 1.54) is 26.7 Å². The van der Waals surface area contributed by atoms with Gasteiger partial charge in [0, 0.05) is 17.1 Å². The first-order valence-corrected chi connectivity index (χ1v) is 7.47. The van der Waals surface area contributed by atoms with Crippen LogP contribution in [0.2, 0.25) is 0 Å². The molecule has 0 radical (unpaired) electrons. The smallest absolute Gasteiger partial charge is 0.125 e. The minimum atomic E-state index is 0.189. The summed E-state index contributed by atoms with van der Waals surface area (Å²) >= 11 is 3.68. The molecule has 1 atom stereocenters. The fourth-order valence-corrected chi connectivity index (χ4v) is 2.80. The number of hydrogen-bond acceptors (Lipinski definition) is 3. The molecular formula is C15H25BrN2O. The first kappa shape index (κ1) is 16.5. The Hall–Kier alpha value is -0.580. The molecule has 0 spiro atoms. The molecule has 4 heteroatoms. The van der Waals surface area contributed by atoms with Gasteiger partial charge in [-0.25, -0.2) is 0 Å². The van der Waals surface area contributed by atoms with Crippen LogP contribution in [0, 0.1) is 20.8 Å². The van der Waals surface area contributed by atoms with Crippen molar-refractivity contribution in [3.8, 4) is 5.75 Å². The third-order valence-corrected chi connectivity index (χ3v) is 4.70. The first-order valence-electron chi connectivity index (χ1n) is 6.68. The second-order valence-electron chi connectivity index (χ2n) is 5.13. The van der Waals surface area contributed by atoms with Gasteiger partial charge in [-0.2, -0.15) is 0 Å². The molecule has 0 bridgehead atoms. The van der Waals surface area contributed by atoms with Gasteiger partial charge in [-0.05, 0) is 62.9 Å². The molecule has 1 rings (SSSR count). The number of nitrogens with two attached hydrogens (primary N) is 1. The maximum absolute atomic E-state index is 5.73. The molecule has 19 heavy (non-hydrogen) atoms. The van der Waals surface area contributed by atoms with Gasteiger partial charge in [-0.15, -0.1) is 0 Å². The summed E-state index contributed by atoms with van der Waals surface area (Å²) in [4.78, 5) is 0. The number of halogens is 1. The monoisotopic (exact) mass is 328 g/mol. The van der Waals surface area contributed by atoms with Crippen LogP contribution in [0.15, 0.2) is 4.47 Å². The van der Waals surface area contributed by atoms with Crippen LogP contribution in [0.4, 0.5) is 0 Å². The summed E-state index contributed by atoms with van der Waals surface area (Å²) in [6, 6.07) is 0.189. The highest BCUT2D eigenvalue weighted by molar-refractivity contribution is 9.10. The topological polar surface area (TPSA) is 47.3 Å². The van der Waals surface area contributed by atoms with Gasteiger partial charge in [0.1, 0.15) is 5.75 Å². The Balaban J connectivity index is 2.93. The van der Waals surface area contributed by atoms with Gasteiger partial charge in [0.2, 0.25) is 0 Å². The lowest BCUT2D eigenvalue weighted by molar-refractivity contribution is 0.404. The van der Waals surface area contributed by atoms with Crippen molar-refractivity contribution < 1.29 is 4.74 Å². The van der Waals surface area contributed by atoms with Crippen LogP contribution in [0.3, 0.4) is 0 Å². The van der Waals surface area contributed by atoms with E-state index in [9.17, 15) is 0 Å². The lowest BCUT2D eigenvalue weighted by Gasteiger charge is -2.19. The van der Waals surface area contributed by atoms with Gasteiger partial charge < -0.3 is 15.8 Å². The van der Waals surface area contributed by atoms with E-state index >= 15 is 0 Å². The number of rotatable bonds is 6. The maximum atomic E-state index is 5.73. The number of ether oxygens (including phenoxy) is 1. The zero-order valence-corrected chi connectivity index (χ0v) is 14.1. The quantitative estimate of drug-likeness (QED) is 0.789. The highest BCUT2D eigenvalue weighted by Crippen LogP contribution is 2.36. The van der Waals surface area contributed by atoms with E-state index in [4.69, 9.17) is 10.5 Å². The number of nitrogens with one attached hydrogen (secondary N) is 1. The van der Waals surface area contributed by atoms with Crippen molar-refractivity contribution in [3.63, 3.8) is 0 Å². The summed E-state index contributed by atoms with van der Waals surface area (Å²) in [5, 5.41) is 3.37. The Morgan fingerprint density at radius 1 is 1.21 bits per heavy atom. The normalized spacial score (nSPS) is 12.6. The Labute approximate surface area is 125 Å². The van der Waals surface area contributed by atoms with Crippen molar-refractivity contribution in [2.24, 2.45) is 5.73 Å². The molecule has 0 aliphatic carbocycles. The molecule has 3 nitrogen and oxygen atoms in total. The van der Waals surface area contributed by atoms with Crippen molar-refractivity contribution in [3.05, 3.63) is 26.7 Å². The van der Waals surface area contributed by atoms with Crippen LogP contribution < -0.4 is 15.8 Å². The van der Waals surface area contributed by atoms with Gasteiger partial charge in [0.15, 0.2) is 0 Å². The van der Waals surface area contributed by atoms with E-state index in [0.717, 1.165) is 25.3 Å². The van der Waals surface area contributed by atoms with Gasteiger partial charge in [-0.1, -0.05) is 15.9 Å². The van der Waals surface area contributed by atoms with Crippen molar-refractivity contribution in [2.45, 2.75) is 40.2 Å². The summed E-state index contributed by atoms with van der Waals surface area (Å²) in [6.07, 6.45) is 0.946. The van der Waals surface area contributed by atoms with E-state index in [2.05, 4.69) is 42.0 Å². The SMILES string of the molecule is COc1c(C)c(C)c(Br)c(C)c1CCNCC(C)N. The molecule has 108 valence electrons. The van der Waals surface area contributed by atoms with Crippen molar-refractivity contribution in [1.82, 2.24) is 5.32 Å². The maximum Gasteiger partial charge on any atom is 0.125 e. The molecule has 0 aliphatic heterocycles. The largest absolute Gasteiger partial charge is 0.496 e. The van der Waals surface area contributed by atoms with E-state index in [0.29, 0.717) is 0 Å². The average molecular weight is 329 g/mol. The van der Waals surface area contributed by atoms with E-state index < -0.39 is 0 Å². The van der Waals surface area contributed by atoms with Gasteiger partial charge in [-0.3, -0.25) is 0 Å². The Bertz CT molecular complexity index is 445. The molecule has 1 unspecified atom stereocenters. The van der Waals surface area contributed by atoms with Crippen LogP contribution in [0.1, 0.15) is 29.2 Å². The van der Waals surface area contributed by atoms with E-state index in [-0.39, 0.29) is 6.04 Å². The molecule has 0 fully saturated rings. The summed E-state index contributed by atoms with van der Waals surface area (Å²) in [5.74, 6) is 1.01. The molecule has 0 aliphatic rings. The second kappa shape index (κ2) is 7.27. The minimum absolute atomic E-state index is 0.189. The van der Waals surface area contributed by atoms with E-state index in [1.807, 2.05) is 6.92 Å². The van der Waals surface area contributed by atoms with Gasteiger partial charge in [0.25, 0.3) is 0 Å². The lowest BCUT2D eigenvalue weighted by Crippen LogP contribution is -2.32. The van der Waals surface area contributed by atoms with Crippen molar-refractivity contribution in [1.29, 1.82) is 0 Å². The predicted octanol–water partition coefficient (Wildman–Crippen LogP) is 2.86. The minimum Gasteiger partial charge on any atom is -0.496 e. The lowest BCUT2D eigenvalue weighted by atomic mass is 9.97. The second-order valence-corrected chi connectivity index (χ2v) is 5.93. The average Bonchev–Trinajstić information content (AvgIpc) is 2.37. The molecule has 0 saturated heterocycles. The molecule has 0 saturated carbocycles. The van der Waals surface area contributed by atoms with Crippen LogP contribution in [0.5, 0.6) is 5.75 Å². The standard InChI is InChI=1S/C15H25BrN2O/c1-9(17)8-18-7-6-13-12(4)14(16)10(2)11(3)15(13)19-5/h9,18H,6-8,17H2,1-5H3. The third kappa shape index (κ3) is 3.94. The van der Waals surface area contributed by atoms with Crippen LogP contribution >= 0.6 is 15.9 Å². The molecule has 1 aromatic carbocycles. The summed E-state index contributed by atoms with van der Waals surface area (Å²) < 4.78 is 6.79. The van der Waals surface area contributed by atoms with Crippen LogP contribution in [-0.2, 0) is 6.42 Å². The Morgan fingerprint density at radius 3 is 2.37 bits per heavy atom. The molecule has 0 amide bonds. The summed E-state index contributed by atoms with van der Waals surface area (Å²) in [5.41, 5.74) is 10.7. The summed E-state index contributed by atoms with van der Waals surface area (Å²) in [6.45, 7) is 10.1. The van der Waals surface area contributed by atoms with Crippen molar-refractivity contribution >= 4 is 15.9 Å². The Kier molecular flexibility index (Phi) is 6.30. The fraction of sp³-hybridized carbons (Fsp3) is 0.600. The molecular weight excluding hydrogens is 304 g/mol. The van der Waals surface area contributed by atoms with Crippen molar-refractivity contribution in [2.75, 3.05) is 20.2 Å². The predicted molar refractivity (Wildman–Crippen MR) is 85.1 cm³/mol. The van der Waals surface area contributed by atoms with Crippen LogP contribution in [0.25, 0.3) is 0 Å². The molecule has 0 aromatic heterocycles. The van der Waals surface area contributed by atoms with E-state index in [1.54, 1.807) is 7.11 Å². The number of hydrogen-bond donors (Lipinski definition) is 2. The molecule has 0 heterocycles. The number of benzene rings is 1. The van der Waals surface area contributed by atoms with Gasteiger partial charge >= 0.3 is 0 Å². The molecule has 3 N–H and O–H groups in total. The third-order valence-electron chi connectivity index (χ3n) is 3.51. The highest BCUT2D eigenvalue weighted by atomic mass is 79.9. The summed E-state index contributed by atoms with van der Waals surface area (Å²) in [7, 11) is 1.74. The highest BCUT2D eigenvalue weighted by Gasteiger charge is 2.16. The number of methoxy groups -OCH3 is 1. The fourth-order valence-electron chi connectivity index (χ4n) is 2.27. The zero-order valence-electron chi connectivity index (χ0n) is 12.6. The molecule has 1 aromatic rings.